The second-order valence-electron chi connectivity index (χ2n) is 5.23. The van der Waals surface area contributed by atoms with Crippen LogP contribution >= 0.6 is 0 Å². The summed E-state index contributed by atoms with van der Waals surface area (Å²) < 4.78 is 0. The first-order valence-electron chi connectivity index (χ1n) is 7.09. The van der Waals surface area contributed by atoms with Gasteiger partial charge in [0.05, 0.1) is 5.92 Å². The molecule has 19 heavy (non-hydrogen) atoms. The van der Waals surface area contributed by atoms with Crippen molar-refractivity contribution in [1.29, 1.82) is 0 Å². The summed E-state index contributed by atoms with van der Waals surface area (Å²) >= 11 is 0. The summed E-state index contributed by atoms with van der Waals surface area (Å²) in [7, 11) is 0. The molecule has 0 heterocycles. The van der Waals surface area contributed by atoms with Gasteiger partial charge < -0.3 is 10.0 Å². The van der Waals surface area contributed by atoms with Gasteiger partial charge in [-0.05, 0) is 25.5 Å². The predicted octanol–water partition coefficient (Wildman–Crippen LogP) is 3.71. The van der Waals surface area contributed by atoms with Gasteiger partial charge in [-0.15, -0.1) is 0 Å². The minimum absolute atomic E-state index is 0.345. The molecule has 0 bridgehead atoms. The number of aliphatic carboxylic acids is 1. The van der Waals surface area contributed by atoms with E-state index in [1.165, 1.54) is 18.4 Å². The molecule has 0 aliphatic rings. The third-order valence-corrected chi connectivity index (χ3v) is 3.35. The van der Waals surface area contributed by atoms with E-state index < -0.39 is 5.97 Å². The number of carbonyl (C=O) groups is 1. The Kier molecular flexibility index (Phi) is 6.40. The lowest BCUT2D eigenvalue weighted by Gasteiger charge is -2.26. The first-order valence-corrected chi connectivity index (χ1v) is 7.09. The summed E-state index contributed by atoms with van der Waals surface area (Å²) in [6.45, 7) is 7.50. The Bertz CT molecular complexity index is 386. The summed E-state index contributed by atoms with van der Waals surface area (Å²) in [6.07, 6.45) is 3.47. The molecule has 0 saturated heterocycles. The van der Waals surface area contributed by atoms with Gasteiger partial charge in [-0.2, -0.15) is 0 Å². The standard InChI is InChI=1S/C16H25NO2/c1-4-5-6-11-17(12-14(3)16(18)19)15-9-7-13(2)8-10-15/h7-10,14H,4-6,11-12H2,1-3H3,(H,18,19). The van der Waals surface area contributed by atoms with Crippen molar-refractivity contribution < 1.29 is 9.90 Å². The number of hydrogen-bond acceptors (Lipinski definition) is 2. The van der Waals surface area contributed by atoms with Gasteiger partial charge in [-0.25, -0.2) is 0 Å². The molecule has 0 spiro atoms. The quantitative estimate of drug-likeness (QED) is 0.727. The summed E-state index contributed by atoms with van der Waals surface area (Å²) in [6, 6.07) is 8.31. The van der Waals surface area contributed by atoms with Gasteiger partial charge in [0, 0.05) is 18.8 Å². The molecule has 0 aliphatic heterocycles. The molecule has 0 aliphatic carbocycles. The first-order chi connectivity index (χ1) is 9.04. The molecule has 1 atom stereocenters. The molecule has 3 heteroatoms. The van der Waals surface area contributed by atoms with E-state index in [-0.39, 0.29) is 5.92 Å². The molecule has 1 rings (SSSR count). The molecule has 0 radical (unpaired) electrons. The molecular weight excluding hydrogens is 238 g/mol. The second kappa shape index (κ2) is 7.82. The lowest BCUT2D eigenvalue weighted by molar-refractivity contribution is -0.140. The van der Waals surface area contributed by atoms with Crippen LogP contribution in [0.3, 0.4) is 0 Å². The average molecular weight is 263 g/mol. The van der Waals surface area contributed by atoms with Crippen LogP contribution in [0.5, 0.6) is 0 Å². The van der Waals surface area contributed by atoms with Gasteiger partial charge >= 0.3 is 5.97 Å². The highest BCUT2D eigenvalue weighted by molar-refractivity contribution is 5.70. The van der Waals surface area contributed by atoms with Crippen molar-refractivity contribution in [2.24, 2.45) is 5.92 Å². The number of anilines is 1. The molecular formula is C16H25NO2. The van der Waals surface area contributed by atoms with Gasteiger partial charge in [0.25, 0.3) is 0 Å². The molecule has 106 valence electrons. The van der Waals surface area contributed by atoms with E-state index in [1.807, 2.05) is 0 Å². The lowest BCUT2D eigenvalue weighted by Crippen LogP contribution is -2.32. The predicted molar refractivity (Wildman–Crippen MR) is 79.7 cm³/mol. The maximum atomic E-state index is 11.0. The normalized spacial score (nSPS) is 12.2. The SMILES string of the molecule is CCCCCN(CC(C)C(=O)O)c1ccc(C)cc1. The number of hydrogen-bond donors (Lipinski definition) is 1. The summed E-state index contributed by atoms with van der Waals surface area (Å²) in [5.41, 5.74) is 2.35. The van der Waals surface area contributed by atoms with Crippen LogP contribution in [0.25, 0.3) is 0 Å². The maximum absolute atomic E-state index is 11.0. The van der Waals surface area contributed by atoms with Crippen molar-refractivity contribution in [2.45, 2.75) is 40.0 Å². The van der Waals surface area contributed by atoms with Gasteiger partial charge in [0.15, 0.2) is 0 Å². The zero-order chi connectivity index (χ0) is 14.3. The third kappa shape index (κ3) is 5.33. The number of unbranched alkanes of at least 4 members (excludes halogenated alkanes) is 2. The largest absolute Gasteiger partial charge is 0.481 e. The van der Waals surface area contributed by atoms with E-state index in [9.17, 15) is 4.79 Å². The molecule has 0 amide bonds. The zero-order valence-electron chi connectivity index (χ0n) is 12.2. The summed E-state index contributed by atoms with van der Waals surface area (Å²) in [5, 5.41) is 9.07. The van der Waals surface area contributed by atoms with Crippen molar-refractivity contribution in [3.63, 3.8) is 0 Å². The topological polar surface area (TPSA) is 40.5 Å². The van der Waals surface area contributed by atoms with Gasteiger partial charge in [-0.1, -0.05) is 44.4 Å². The van der Waals surface area contributed by atoms with Crippen LogP contribution < -0.4 is 4.90 Å². The fraction of sp³-hybridized carbons (Fsp3) is 0.562. The van der Waals surface area contributed by atoms with Crippen LogP contribution in [0.15, 0.2) is 24.3 Å². The molecule has 3 nitrogen and oxygen atoms in total. The van der Waals surface area contributed by atoms with Crippen LogP contribution in [-0.4, -0.2) is 24.2 Å². The molecule has 1 aromatic carbocycles. The highest BCUT2D eigenvalue weighted by atomic mass is 16.4. The summed E-state index contributed by atoms with van der Waals surface area (Å²) in [5.74, 6) is -1.07. The fourth-order valence-corrected chi connectivity index (χ4v) is 2.04. The monoisotopic (exact) mass is 263 g/mol. The lowest BCUT2D eigenvalue weighted by atomic mass is 10.1. The number of aryl methyl sites for hydroxylation is 1. The molecule has 0 fully saturated rings. The number of carboxylic acid groups (broad SMARTS) is 1. The van der Waals surface area contributed by atoms with E-state index in [1.54, 1.807) is 6.92 Å². The van der Waals surface area contributed by atoms with Crippen LogP contribution in [0.4, 0.5) is 5.69 Å². The Morgan fingerprint density at radius 3 is 2.42 bits per heavy atom. The Morgan fingerprint density at radius 1 is 1.26 bits per heavy atom. The molecule has 1 unspecified atom stereocenters. The molecule has 0 saturated carbocycles. The van der Waals surface area contributed by atoms with Crippen LogP contribution in [0.2, 0.25) is 0 Å². The minimum Gasteiger partial charge on any atom is -0.481 e. The van der Waals surface area contributed by atoms with Crippen molar-refractivity contribution in [1.82, 2.24) is 0 Å². The smallest absolute Gasteiger partial charge is 0.308 e. The molecule has 1 N–H and O–H groups in total. The van der Waals surface area contributed by atoms with E-state index in [0.717, 1.165) is 18.7 Å². The highest BCUT2D eigenvalue weighted by Crippen LogP contribution is 2.18. The minimum atomic E-state index is -0.729. The van der Waals surface area contributed by atoms with Crippen LogP contribution in [-0.2, 0) is 4.79 Å². The second-order valence-corrected chi connectivity index (χ2v) is 5.23. The highest BCUT2D eigenvalue weighted by Gasteiger charge is 2.16. The number of nitrogens with zero attached hydrogens (tertiary/aromatic N) is 1. The van der Waals surface area contributed by atoms with Gasteiger partial charge in [-0.3, -0.25) is 4.79 Å². The third-order valence-electron chi connectivity index (χ3n) is 3.35. The number of benzene rings is 1. The Labute approximate surface area is 116 Å². The van der Waals surface area contributed by atoms with Crippen molar-refractivity contribution >= 4 is 11.7 Å². The first kappa shape index (κ1) is 15.5. The Morgan fingerprint density at radius 2 is 1.89 bits per heavy atom. The van der Waals surface area contributed by atoms with Crippen molar-refractivity contribution in [3.05, 3.63) is 29.8 Å². The van der Waals surface area contributed by atoms with Gasteiger partial charge in [0.2, 0.25) is 0 Å². The zero-order valence-corrected chi connectivity index (χ0v) is 12.2. The van der Waals surface area contributed by atoms with E-state index in [0.29, 0.717) is 6.54 Å². The Hall–Kier alpha value is -1.51. The number of rotatable bonds is 8. The van der Waals surface area contributed by atoms with E-state index >= 15 is 0 Å². The molecule has 0 aromatic heterocycles. The van der Waals surface area contributed by atoms with E-state index in [2.05, 4.69) is 43.0 Å². The average Bonchev–Trinajstić information content (AvgIpc) is 2.38. The summed E-state index contributed by atoms with van der Waals surface area (Å²) in [4.78, 5) is 13.2. The van der Waals surface area contributed by atoms with Gasteiger partial charge in [0.1, 0.15) is 0 Å². The van der Waals surface area contributed by atoms with Crippen molar-refractivity contribution in [2.75, 3.05) is 18.0 Å². The maximum Gasteiger partial charge on any atom is 0.308 e. The van der Waals surface area contributed by atoms with E-state index in [4.69, 9.17) is 5.11 Å². The number of carboxylic acids is 1. The fourth-order valence-electron chi connectivity index (χ4n) is 2.04. The molecule has 1 aromatic rings. The van der Waals surface area contributed by atoms with Crippen LogP contribution in [0.1, 0.15) is 38.7 Å². The van der Waals surface area contributed by atoms with Crippen molar-refractivity contribution in [3.8, 4) is 0 Å². The Balaban J connectivity index is 2.73. The van der Waals surface area contributed by atoms with Crippen LogP contribution in [0, 0.1) is 12.8 Å².